The van der Waals surface area contributed by atoms with Crippen LogP contribution in [0.3, 0.4) is 0 Å². The number of likely N-dealkylation sites (tertiary alicyclic amines) is 1. The second-order valence-electron chi connectivity index (χ2n) is 6.80. The van der Waals surface area contributed by atoms with Gasteiger partial charge >= 0.3 is 0 Å². The van der Waals surface area contributed by atoms with Gasteiger partial charge in [0, 0.05) is 24.5 Å². The number of hydrogen-bond acceptors (Lipinski definition) is 3. The molecule has 1 aromatic rings. The van der Waals surface area contributed by atoms with Gasteiger partial charge in [-0.3, -0.25) is 14.6 Å². The molecule has 1 N–H and O–H groups in total. The molecule has 2 heterocycles. The molecule has 5 heteroatoms. The molecule has 1 aliphatic carbocycles. The van der Waals surface area contributed by atoms with Gasteiger partial charge in [-0.2, -0.15) is 0 Å². The molecule has 2 fully saturated rings. The molecule has 1 aliphatic heterocycles. The monoisotopic (exact) mass is 301 g/mol. The third-order valence-electron chi connectivity index (χ3n) is 4.64. The lowest BCUT2D eigenvalue weighted by molar-refractivity contribution is -0.127. The molecule has 22 heavy (non-hydrogen) atoms. The Balaban J connectivity index is 1.87. The Kier molecular flexibility index (Phi) is 3.89. The van der Waals surface area contributed by atoms with Gasteiger partial charge in [0.25, 0.3) is 5.91 Å². The van der Waals surface area contributed by atoms with Gasteiger partial charge < -0.3 is 10.2 Å². The third-order valence-corrected chi connectivity index (χ3v) is 4.64. The van der Waals surface area contributed by atoms with Crippen molar-refractivity contribution in [2.75, 3.05) is 0 Å². The van der Waals surface area contributed by atoms with E-state index >= 15 is 0 Å². The Morgan fingerprint density at radius 3 is 2.77 bits per heavy atom. The summed E-state index contributed by atoms with van der Waals surface area (Å²) in [7, 11) is 0. The number of aryl methyl sites for hydroxylation is 1. The first-order valence-electron chi connectivity index (χ1n) is 8.02. The summed E-state index contributed by atoms with van der Waals surface area (Å²) in [5, 5.41) is 2.97. The normalized spacial score (nSPS) is 26.5. The number of nitrogens with one attached hydrogen (secondary N) is 1. The predicted molar refractivity (Wildman–Crippen MR) is 83.3 cm³/mol. The van der Waals surface area contributed by atoms with Crippen LogP contribution in [0.1, 0.15) is 49.0 Å². The van der Waals surface area contributed by atoms with Crippen molar-refractivity contribution in [1.82, 2.24) is 15.2 Å². The van der Waals surface area contributed by atoms with Gasteiger partial charge in [-0.05, 0) is 57.6 Å². The Labute approximate surface area is 131 Å². The van der Waals surface area contributed by atoms with Crippen LogP contribution in [-0.4, -0.2) is 39.8 Å². The van der Waals surface area contributed by atoms with Crippen molar-refractivity contribution in [3.8, 4) is 0 Å². The molecule has 0 radical (unpaired) electrons. The Hall–Kier alpha value is -1.91. The molecule has 3 atom stereocenters. The largest absolute Gasteiger partial charge is 0.352 e. The van der Waals surface area contributed by atoms with E-state index in [0.717, 1.165) is 24.8 Å². The average Bonchev–Trinajstić information content (AvgIpc) is 3.06. The van der Waals surface area contributed by atoms with Gasteiger partial charge in [-0.1, -0.05) is 0 Å². The summed E-state index contributed by atoms with van der Waals surface area (Å²) in [6.07, 6.45) is 6.31. The minimum Gasteiger partial charge on any atom is -0.352 e. The maximum absolute atomic E-state index is 12.9. The molecule has 5 nitrogen and oxygen atoms in total. The molecular weight excluding hydrogens is 278 g/mol. The summed E-state index contributed by atoms with van der Waals surface area (Å²) in [5.74, 6) is 0.217. The average molecular weight is 301 g/mol. The summed E-state index contributed by atoms with van der Waals surface area (Å²) in [6, 6.07) is 1.80. The molecule has 2 bridgehead atoms. The molecule has 0 aromatic carbocycles. The summed E-state index contributed by atoms with van der Waals surface area (Å²) < 4.78 is 0. The van der Waals surface area contributed by atoms with Crippen molar-refractivity contribution >= 4 is 11.8 Å². The van der Waals surface area contributed by atoms with E-state index < -0.39 is 0 Å². The lowest BCUT2D eigenvalue weighted by Crippen LogP contribution is -2.53. The number of fused-ring (bicyclic) bond motifs is 2. The zero-order valence-corrected chi connectivity index (χ0v) is 13.4. The zero-order valence-electron chi connectivity index (χ0n) is 13.4. The molecule has 2 aliphatic rings. The molecule has 3 rings (SSSR count). The van der Waals surface area contributed by atoms with Crippen LogP contribution >= 0.6 is 0 Å². The van der Waals surface area contributed by atoms with Crippen molar-refractivity contribution in [2.24, 2.45) is 5.92 Å². The van der Waals surface area contributed by atoms with Gasteiger partial charge in [0.05, 0.1) is 5.56 Å². The SMILES string of the molecule is Cc1cncc(C(=O)N2C3CCC(C3)C2C(=O)NC(C)C)c1. The van der Waals surface area contributed by atoms with Crippen LogP contribution < -0.4 is 5.32 Å². The summed E-state index contributed by atoms with van der Waals surface area (Å²) in [5.41, 5.74) is 1.54. The highest BCUT2D eigenvalue weighted by molar-refractivity contribution is 5.98. The third kappa shape index (κ3) is 2.60. The number of nitrogens with zero attached hydrogens (tertiary/aromatic N) is 2. The van der Waals surface area contributed by atoms with Crippen molar-refractivity contribution in [2.45, 2.75) is 58.2 Å². The maximum atomic E-state index is 12.9. The van der Waals surface area contributed by atoms with E-state index in [1.54, 1.807) is 12.4 Å². The number of amides is 2. The number of hydrogen-bond donors (Lipinski definition) is 1. The standard InChI is InChI=1S/C17H23N3O2/c1-10(2)19-16(21)15-12-4-5-14(7-12)20(15)17(22)13-6-11(3)8-18-9-13/h6,8-10,12,14-15H,4-5,7H2,1-3H3,(H,19,21). The van der Waals surface area contributed by atoms with Gasteiger partial charge in [-0.15, -0.1) is 0 Å². The topological polar surface area (TPSA) is 62.3 Å². The summed E-state index contributed by atoms with van der Waals surface area (Å²) in [4.78, 5) is 31.4. The number of pyridine rings is 1. The first-order valence-corrected chi connectivity index (χ1v) is 8.02. The van der Waals surface area contributed by atoms with Crippen LogP contribution in [0, 0.1) is 12.8 Å². The predicted octanol–water partition coefficient (Wildman–Crippen LogP) is 1.91. The number of piperidine rings is 1. The second-order valence-corrected chi connectivity index (χ2v) is 6.80. The lowest BCUT2D eigenvalue weighted by Gasteiger charge is -2.34. The molecule has 0 spiro atoms. The van der Waals surface area contributed by atoms with Crippen molar-refractivity contribution in [1.29, 1.82) is 0 Å². The highest BCUT2D eigenvalue weighted by Crippen LogP contribution is 2.43. The minimum atomic E-state index is -0.325. The second kappa shape index (κ2) is 5.71. The maximum Gasteiger partial charge on any atom is 0.256 e. The van der Waals surface area contributed by atoms with Crippen LogP contribution in [-0.2, 0) is 4.79 Å². The van der Waals surface area contributed by atoms with E-state index in [4.69, 9.17) is 0 Å². The zero-order chi connectivity index (χ0) is 15.9. The van der Waals surface area contributed by atoms with E-state index in [9.17, 15) is 9.59 Å². The number of rotatable bonds is 3. The number of carbonyl (C=O) groups is 2. The van der Waals surface area contributed by atoms with Crippen molar-refractivity contribution in [3.05, 3.63) is 29.6 Å². The summed E-state index contributed by atoms with van der Waals surface area (Å²) >= 11 is 0. The first-order chi connectivity index (χ1) is 10.5. The fourth-order valence-electron chi connectivity index (χ4n) is 3.81. The van der Waals surface area contributed by atoms with Crippen LogP contribution in [0.5, 0.6) is 0 Å². The first kappa shape index (κ1) is 15.0. The molecule has 1 saturated carbocycles. The summed E-state index contributed by atoms with van der Waals surface area (Å²) in [6.45, 7) is 5.81. The fourth-order valence-corrected chi connectivity index (χ4v) is 3.81. The highest BCUT2D eigenvalue weighted by atomic mass is 16.2. The Bertz CT molecular complexity index is 599. The van der Waals surface area contributed by atoms with E-state index in [2.05, 4.69) is 10.3 Å². The molecule has 1 aromatic heterocycles. The van der Waals surface area contributed by atoms with Crippen molar-refractivity contribution in [3.63, 3.8) is 0 Å². The van der Waals surface area contributed by atoms with Crippen LogP contribution in [0.4, 0.5) is 0 Å². The van der Waals surface area contributed by atoms with Crippen LogP contribution in [0.2, 0.25) is 0 Å². The number of carbonyl (C=O) groups excluding carboxylic acids is 2. The van der Waals surface area contributed by atoms with E-state index in [0.29, 0.717) is 11.5 Å². The molecule has 1 saturated heterocycles. The minimum absolute atomic E-state index is 0.0174. The van der Waals surface area contributed by atoms with E-state index in [1.807, 2.05) is 31.7 Å². The molecular formula is C17H23N3O2. The van der Waals surface area contributed by atoms with E-state index in [1.165, 1.54) is 0 Å². The van der Waals surface area contributed by atoms with Gasteiger partial charge in [0.1, 0.15) is 6.04 Å². The van der Waals surface area contributed by atoms with Gasteiger partial charge in [0.2, 0.25) is 5.91 Å². The molecule has 2 amide bonds. The highest BCUT2D eigenvalue weighted by Gasteiger charge is 2.51. The Morgan fingerprint density at radius 2 is 2.09 bits per heavy atom. The lowest BCUT2D eigenvalue weighted by atomic mass is 9.97. The Morgan fingerprint density at radius 1 is 1.32 bits per heavy atom. The molecule has 3 unspecified atom stereocenters. The quantitative estimate of drug-likeness (QED) is 0.927. The van der Waals surface area contributed by atoms with Gasteiger partial charge in [0.15, 0.2) is 0 Å². The fraction of sp³-hybridized carbons (Fsp3) is 0.588. The van der Waals surface area contributed by atoms with Crippen molar-refractivity contribution < 1.29 is 9.59 Å². The van der Waals surface area contributed by atoms with Gasteiger partial charge in [-0.25, -0.2) is 0 Å². The van der Waals surface area contributed by atoms with E-state index in [-0.39, 0.29) is 29.9 Å². The van der Waals surface area contributed by atoms with Crippen LogP contribution in [0.15, 0.2) is 18.5 Å². The smallest absolute Gasteiger partial charge is 0.256 e. The molecule has 118 valence electrons. The number of aromatic nitrogens is 1. The van der Waals surface area contributed by atoms with Crippen LogP contribution in [0.25, 0.3) is 0 Å².